The summed E-state index contributed by atoms with van der Waals surface area (Å²) >= 11 is 0. The van der Waals surface area contributed by atoms with Crippen LogP contribution in [-0.4, -0.2) is 6.21 Å². The fourth-order valence-electron chi connectivity index (χ4n) is 4.51. The molecule has 0 aliphatic rings. The molecule has 0 aromatic heterocycles. The summed E-state index contributed by atoms with van der Waals surface area (Å²) in [4.78, 5) is 5.19. The predicted octanol–water partition coefficient (Wildman–Crippen LogP) is 9.06. The molecule has 3 rings (SSSR count). The van der Waals surface area contributed by atoms with Gasteiger partial charge in [0.25, 0.3) is 0 Å². The number of hydrogen-bond donors (Lipinski definition) is 0. The number of nitrogens with zero attached hydrogens (tertiary/aromatic N) is 1. The van der Waals surface area contributed by atoms with E-state index in [1.54, 1.807) is 0 Å². The lowest BCUT2D eigenvalue weighted by Crippen LogP contribution is -2.25. The topological polar surface area (TPSA) is 12.4 Å². The first-order chi connectivity index (χ1) is 14.8. The molecule has 1 nitrogen and oxygen atoms in total. The first-order valence-corrected chi connectivity index (χ1v) is 11.6. The monoisotopic (exact) mass is 425 g/mol. The van der Waals surface area contributed by atoms with Crippen LogP contribution >= 0.6 is 0 Å². The van der Waals surface area contributed by atoms with Gasteiger partial charge in [-0.3, -0.25) is 4.99 Å². The van der Waals surface area contributed by atoms with Gasteiger partial charge in [0.15, 0.2) is 0 Å². The SMILES string of the molecule is C=C(C)CC(C)(C=Nc1cc(C(C)(C)C)ccc1C(C)(C)C)c1cccc2ccccc12. The van der Waals surface area contributed by atoms with Crippen molar-refractivity contribution in [3.8, 4) is 0 Å². The van der Waals surface area contributed by atoms with E-state index in [1.165, 1.54) is 27.5 Å². The molecular formula is C31H39N. The molecule has 0 aliphatic heterocycles. The Morgan fingerprint density at radius 2 is 1.47 bits per heavy atom. The summed E-state index contributed by atoms with van der Waals surface area (Å²) in [5, 5.41) is 2.54. The molecule has 0 heterocycles. The van der Waals surface area contributed by atoms with E-state index in [2.05, 4.69) is 129 Å². The molecule has 1 heteroatoms. The normalized spacial score (nSPS) is 14.6. The van der Waals surface area contributed by atoms with Crippen molar-refractivity contribution in [1.82, 2.24) is 0 Å². The van der Waals surface area contributed by atoms with E-state index in [0.717, 1.165) is 17.7 Å². The van der Waals surface area contributed by atoms with Crippen molar-refractivity contribution in [3.63, 3.8) is 0 Å². The molecule has 0 saturated carbocycles. The van der Waals surface area contributed by atoms with E-state index in [9.17, 15) is 0 Å². The molecule has 0 saturated heterocycles. The van der Waals surface area contributed by atoms with Crippen molar-refractivity contribution in [2.45, 2.75) is 78.1 Å². The second-order valence-corrected chi connectivity index (χ2v) is 11.6. The molecule has 3 aromatic carbocycles. The highest BCUT2D eigenvalue weighted by Crippen LogP contribution is 2.38. The van der Waals surface area contributed by atoms with Crippen molar-refractivity contribution in [2.75, 3.05) is 0 Å². The molecule has 0 amide bonds. The molecule has 0 aliphatic carbocycles. The summed E-state index contributed by atoms with van der Waals surface area (Å²) < 4.78 is 0. The Labute approximate surface area is 195 Å². The van der Waals surface area contributed by atoms with Gasteiger partial charge in [0.05, 0.1) is 5.69 Å². The molecule has 0 fully saturated rings. The molecule has 0 bridgehead atoms. The fraction of sp³-hybridized carbons (Fsp3) is 0.387. The maximum atomic E-state index is 5.19. The Balaban J connectivity index is 2.20. The second kappa shape index (κ2) is 8.70. The van der Waals surface area contributed by atoms with Gasteiger partial charge in [0.2, 0.25) is 0 Å². The first kappa shape index (κ1) is 24.0. The van der Waals surface area contributed by atoms with Gasteiger partial charge >= 0.3 is 0 Å². The van der Waals surface area contributed by atoms with Crippen molar-refractivity contribution in [2.24, 2.45) is 4.99 Å². The van der Waals surface area contributed by atoms with Crippen LogP contribution in [0, 0.1) is 0 Å². The molecule has 1 atom stereocenters. The molecular weight excluding hydrogens is 386 g/mol. The van der Waals surface area contributed by atoms with E-state index < -0.39 is 0 Å². The highest BCUT2D eigenvalue weighted by molar-refractivity contribution is 5.91. The summed E-state index contributed by atoms with van der Waals surface area (Å²) in [6.07, 6.45) is 3.02. The minimum atomic E-state index is -0.250. The number of hydrogen-bond acceptors (Lipinski definition) is 1. The Morgan fingerprint density at radius 3 is 2.09 bits per heavy atom. The van der Waals surface area contributed by atoms with Crippen LogP contribution in [0.3, 0.4) is 0 Å². The quantitative estimate of drug-likeness (QED) is 0.285. The average molecular weight is 426 g/mol. The Bertz CT molecular complexity index is 1150. The molecule has 0 spiro atoms. The lowest BCUT2D eigenvalue weighted by Gasteiger charge is -2.29. The van der Waals surface area contributed by atoms with Gasteiger partial charge < -0.3 is 0 Å². The summed E-state index contributed by atoms with van der Waals surface area (Å²) in [5.41, 5.74) is 5.96. The zero-order valence-electron chi connectivity index (χ0n) is 21.2. The Hall–Kier alpha value is -2.67. The third-order valence-corrected chi connectivity index (χ3v) is 6.23. The molecule has 0 radical (unpaired) electrons. The van der Waals surface area contributed by atoms with Crippen molar-refractivity contribution in [1.29, 1.82) is 0 Å². The average Bonchev–Trinajstić information content (AvgIpc) is 2.70. The van der Waals surface area contributed by atoms with Crippen LogP contribution in [0.25, 0.3) is 10.8 Å². The van der Waals surface area contributed by atoms with Crippen molar-refractivity contribution >= 4 is 22.7 Å². The van der Waals surface area contributed by atoms with Gasteiger partial charge in [0.1, 0.15) is 0 Å². The van der Waals surface area contributed by atoms with E-state index in [1.807, 2.05) is 0 Å². The van der Waals surface area contributed by atoms with Crippen LogP contribution in [0.2, 0.25) is 0 Å². The van der Waals surface area contributed by atoms with Crippen molar-refractivity contribution < 1.29 is 0 Å². The number of benzene rings is 3. The molecule has 32 heavy (non-hydrogen) atoms. The third-order valence-electron chi connectivity index (χ3n) is 6.23. The summed E-state index contributed by atoms with van der Waals surface area (Å²) in [7, 11) is 0. The van der Waals surface area contributed by atoms with E-state index in [4.69, 9.17) is 4.99 Å². The van der Waals surface area contributed by atoms with Gasteiger partial charge in [-0.25, -0.2) is 0 Å². The summed E-state index contributed by atoms with van der Waals surface area (Å²) in [6.45, 7) is 22.2. The first-order valence-electron chi connectivity index (χ1n) is 11.6. The smallest absolute Gasteiger partial charge is 0.0666 e. The Morgan fingerprint density at radius 1 is 0.812 bits per heavy atom. The largest absolute Gasteiger partial charge is 0.260 e. The van der Waals surface area contributed by atoms with Crippen LogP contribution in [0.5, 0.6) is 0 Å². The minimum Gasteiger partial charge on any atom is -0.260 e. The van der Waals surface area contributed by atoms with Gasteiger partial charge in [0, 0.05) is 11.6 Å². The zero-order chi connectivity index (χ0) is 23.7. The zero-order valence-corrected chi connectivity index (χ0v) is 21.2. The van der Waals surface area contributed by atoms with Crippen molar-refractivity contribution in [3.05, 3.63) is 89.5 Å². The van der Waals surface area contributed by atoms with E-state index in [0.29, 0.717) is 0 Å². The summed E-state index contributed by atoms with van der Waals surface area (Å²) in [5.74, 6) is 0. The van der Waals surface area contributed by atoms with E-state index in [-0.39, 0.29) is 16.2 Å². The molecule has 0 N–H and O–H groups in total. The molecule has 1 unspecified atom stereocenters. The van der Waals surface area contributed by atoms with Gasteiger partial charge in [-0.1, -0.05) is 109 Å². The maximum absolute atomic E-state index is 5.19. The standard InChI is InChI=1S/C31H39N/c1-22(2)20-31(9,26-16-12-14-23-13-10-11-15-25(23)26)21-32-28-19-24(29(3,4)5)17-18-27(28)30(6,7)8/h10-19,21H,1,20H2,2-9H3. The third kappa shape index (κ3) is 5.21. The van der Waals surface area contributed by atoms with Crippen LogP contribution in [-0.2, 0) is 16.2 Å². The van der Waals surface area contributed by atoms with Crippen LogP contribution in [0.15, 0.2) is 77.8 Å². The highest BCUT2D eigenvalue weighted by atomic mass is 14.7. The number of allylic oxidation sites excluding steroid dienone is 1. The predicted molar refractivity (Wildman–Crippen MR) is 143 cm³/mol. The maximum Gasteiger partial charge on any atom is 0.0666 e. The van der Waals surface area contributed by atoms with Crippen LogP contribution < -0.4 is 0 Å². The van der Waals surface area contributed by atoms with Gasteiger partial charge in [-0.05, 0) is 57.7 Å². The van der Waals surface area contributed by atoms with Crippen LogP contribution in [0.4, 0.5) is 5.69 Å². The lowest BCUT2D eigenvalue weighted by molar-refractivity contribution is 0.577. The van der Waals surface area contributed by atoms with E-state index >= 15 is 0 Å². The van der Waals surface area contributed by atoms with Crippen LogP contribution in [0.1, 0.15) is 78.5 Å². The number of aliphatic imine (C=N–C) groups is 1. The summed E-state index contributed by atoms with van der Waals surface area (Å²) in [6, 6.07) is 22.0. The van der Waals surface area contributed by atoms with Gasteiger partial charge in [-0.2, -0.15) is 0 Å². The highest BCUT2D eigenvalue weighted by Gasteiger charge is 2.28. The number of fused-ring (bicyclic) bond motifs is 1. The number of rotatable bonds is 5. The second-order valence-electron chi connectivity index (χ2n) is 11.6. The lowest BCUT2D eigenvalue weighted by atomic mass is 9.76. The molecule has 168 valence electrons. The fourth-order valence-corrected chi connectivity index (χ4v) is 4.51. The Kier molecular flexibility index (Phi) is 6.52. The van der Waals surface area contributed by atoms with Gasteiger partial charge in [-0.15, -0.1) is 6.58 Å². The molecule has 3 aromatic rings. The minimum absolute atomic E-state index is 0.0211.